The lowest BCUT2D eigenvalue weighted by atomic mass is 9.83. The molecular formula is C23H24ClFN6O4S. The average molecular weight is 535 g/mol. The van der Waals surface area contributed by atoms with Crippen LogP contribution in [0.3, 0.4) is 0 Å². The number of non-ortho nitro benzene ring substituents is 1. The molecule has 2 saturated carbocycles. The maximum atomic E-state index is 14.3. The molecule has 2 aliphatic carbocycles. The summed E-state index contributed by atoms with van der Waals surface area (Å²) in [6, 6.07) is 4.37. The van der Waals surface area contributed by atoms with Crippen LogP contribution in [0.4, 0.5) is 15.9 Å². The lowest BCUT2D eigenvalue weighted by molar-refractivity contribution is -0.385. The first-order valence-electron chi connectivity index (χ1n) is 11.6. The second-order valence-electron chi connectivity index (χ2n) is 9.45. The minimum atomic E-state index is -0.671. The van der Waals surface area contributed by atoms with Gasteiger partial charge in [0, 0.05) is 36.5 Å². The van der Waals surface area contributed by atoms with E-state index in [4.69, 9.17) is 17.3 Å². The molecule has 1 aliphatic heterocycles. The molecular weight excluding hydrogens is 511 g/mol. The third kappa shape index (κ3) is 4.71. The Kier molecular flexibility index (Phi) is 6.73. The van der Waals surface area contributed by atoms with Gasteiger partial charge in [-0.2, -0.15) is 4.98 Å². The standard InChI is InChI=1S/C23H24ClFN6O4S/c24-23-27-8-16(25)22(29-23)28-20-15-6-12(19(20)21(26)33)7-17(15)36-10-18(32)30-4-3-11-1-2-14(31(34)35)5-13(11)9-30/h1-2,5,8,12,15,17,19-20H,3-4,6-7,9-10H2,(H2,26,33)(H,27,28,29)/t12-,15+,17+,19-,20+/m0/s1. The summed E-state index contributed by atoms with van der Waals surface area (Å²) in [6.45, 7) is 0.900. The van der Waals surface area contributed by atoms with E-state index in [0.717, 1.165) is 30.2 Å². The van der Waals surface area contributed by atoms with E-state index >= 15 is 0 Å². The smallest absolute Gasteiger partial charge is 0.269 e. The van der Waals surface area contributed by atoms with Gasteiger partial charge in [0.05, 0.1) is 22.8 Å². The summed E-state index contributed by atoms with van der Waals surface area (Å²) in [5.41, 5.74) is 7.53. The monoisotopic (exact) mass is 534 g/mol. The lowest BCUT2D eigenvalue weighted by Crippen LogP contribution is -2.46. The molecule has 2 aromatic rings. The molecule has 190 valence electrons. The molecule has 0 radical (unpaired) electrons. The van der Waals surface area contributed by atoms with Gasteiger partial charge < -0.3 is 16.0 Å². The van der Waals surface area contributed by atoms with Crippen LogP contribution in [0, 0.1) is 33.7 Å². The van der Waals surface area contributed by atoms with Crippen LogP contribution in [0.5, 0.6) is 0 Å². The number of nitrogens with zero attached hydrogens (tertiary/aromatic N) is 4. The second kappa shape index (κ2) is 9.81. The first-order chi connectivity index (χ1) is 17.2. The molecule has 3 N–H and O–H groups in total. The normalized spacial score (nSPS) is 26.5. The number of primary amides is 1. The van der Waals surface area contributed by atoms with Crippen LogP contribution < -0.4 is 11.1 Å². The lowest BCUT2D eigenvalue weighted by Gasteiger charge is -2.35. The summed E-state index contributed by atoms with van der Waals surface area (Å²) in [5.74, 6) is -1.39. The molecule has 0 unspecified atom stereocenters. The van der Waals surface area contributed by atoms with Gasteiger partial charge in [0.15, 0.2) is 11.6 Å². The number of hydrogen-bond acceptors (Lipinski definition) is 8. The van der Waals surface area contributed by atoms with Crippen molar-refractivity contribution < 1.29 is 18.9 Å². The van der Waals surface area contributed by atoms with Crippen LogP contribution in [-0.2, 0) is 22.6 Å². The zero-order valence-electron chi connectivity index (χ0n) is 19.1. The molecule has 1 aromatic heterocycles. The number of carbonyl (C=O) groups excluding carboxylic acids is 2. The number of hydrogen-bond donors (Lipinski definition) is 2. The molecule has 36 heavy (non-hydrogen) atoms. The molecule has 1 aromatic carbocycles. The Hall–Kier alpha value is -2.99. The first kappa shape index (κ1) is 24.7. The quantitative estimate of drug-likeness (QED) is 0.313. The molecule has 5 atom stereocenters. The minimum absolute atomic E-state index is 0.00294. The van der Waals surface area contributed by atoms with Crippen molar-refractivity contribution in [3.8, 4) is 0 Å². The highest BCUT2D eigenvalue weighted by Gasteiger charge is 2.55. The van der Waals surface area contributed by atoms with Crippen molar-refractivity contribution in [3.63, 3.8) is 0 Å². The topological polar surface area (TPSA) is 144 Å². The SMILES string of the molecule is NC(=O)[C@H]1[C@H]2C[C@@H]([C@H]1Nc1nc(Cl)ncc1F)[C@H](SCC(=O)N1CCc3ccc([N+](=O)[O-])cc3C1)C2. The number of nitro benzene ring substituents is 1. The van der Waals surface area contributed by atoms with Crippen molar-refractivity contribution >= 4 is 46.7 Å². The van der Waals surface area contributed by atoms with Gasteiger partial charge in [-0.1, -0.05) is 6.07 Å². The fourth-order valence-electron chi connectivity index (χ4n) is 5.84. The molecule has 0 spiro atoms. The largest absolute Gasteiger partial charge is 0.369 e. The fourth-order valence-corrected chi connectivity index (χ4v) is 7.43. The fraction of sp³-hybridized carbons (Fsp3) is 0.478. The Morgan fingerprint density at radius 3 is 2.89 bits per heavy atom. The predicted octanol–water partition coefficient (Wildman–Crippen LogP) is 2.79. The van der Waals surface area contributed by atoms with E-state index in [2.05, 4.69) is 15.3 Å². The number of benzene rings is 1. The van der Waals surface area contributed by atoms with Crippen molar-refractivity contribution in [2.45, 2.75) is 37.1 Å². The van der Waals surface area contributed by atoms with Crippen LogP contribution in [-0.4, -0.2) is 55.2 Å². The first-order valence-corrected chi connectivity index (χ1v) is 13.0. The number of halogens is 2. The van der Waals surface area contributed by atoms with Crippen LogP contribution in [0.25, 0.3) is 0 Å². The van der Waals surface area contributed by atoms with Crippen molar-refractivity contribution in [1.82, 2.24) is 14.9 Å². The number of rotatable bonds is 7. The van der Waals surface area contributed by atoms with Crippen LogP contribution in [0.15, 0.2) is 24.4 Å². The average Bonchev–Trinajstić information content (AvgIpc) is 3.42. The van der Waals surface area contributed by atoms with E-state index in [-0.39, 0.29) is 45.5 Å². The van der Waals surface area contributed by atoms with Gasteiger partial charge in [0.2, 0.25) is 17.1 Å². The Labute approximate surface area is 215 Å². The van der Waals surface area contributed by atoms with E-state index in [1.165, 1.54) is 23.9 Å². The number of thioether (sulfide) groups is 1. The Balaban J connectivity index is 1.24. The highest BCUT2D eigenvalue weighted by molar-refractivity contribution is 8.00. The summed E-state index contributed by atoms with van der Waals surface area (Å²) in [7, 11) is 0. The highest BCUT2D eigenvalue weighted by Crippen LogP contribution is 2.53. The highest BCUT2D eigenvalue weighted by atomic mass is 35.5. The van der Waals surface area contributed by atoms with Crippen molar-refractivity contribution in [1.29, 1.82) is 0 Å². The van der Waals surface area contributed by atoms with Crippen LogP contribution in [0.2, 0.25) is 5.28 Å². The van der Waals surface area contributed by atoms with Gasteiger partial charge in [-0.15, -0.1) is 11.8 Å². The molecule has 5 rings (SSSR count). The number of aromatic nitrogens is 2. The number of anilines is 1. The third-order valence-corrected chi connectivity index (χ3v) is 9.04. The Bertz CT molecular complexity index is 1240. The third-order valence-electron chi connectivity index (χ3n) is 7.48. The molecule has 13 heteroatoms. The molecule has 0 saturated heterocycles. The van der Waals surface area contributed by atoms with Gasteiger partial charge in [0.1, 0.15) is 0 Å². The maximum absolute atomic E-state index is 14.3. The number of fused-ring (bicyclic) bond motifs is 3. The molecule has 3 aliphatic rings. The van der Waals surface area contributed by atoms with Crippen molar-refractivity contribution in [2.24, 2.45) is 23.5 Å². The number of nitro groups is 1. The number of nitrogens with two attached hydrogens (primary N) is 1. The van der Waals surface area contributed by atoms with E-state index in [1.54, 1.807) is 11.0 Å². The predicted molar refractivity (Wildman–Crippen MR) is 132 cm³/mol. The van der Waals surface area contributed by atoms with Gasteiger partial charge in [-0.05, 0) is 53.8 Å². The van der Waals surface area contributed by atoms with E-state index in [0.29, 0.717) is 19.5 Å². The summed E-state index contributed by atoms with van der Waals surface area (Å²) in [5, 5.41) is 14.1. The van der Waals surface area contributed by atoms with E-state index < -0.39 is 28.6 Å². The summed E-state index contributed by atoms with van der Waals surface area (Å²) in [4.78, 5) is 45.2. The zero-order chi connectivity index (χ0) is 25.6. The Morgan fingerprint density at radius 1 is 1.33 bits per heavy atom. The summed E-state index contributed by atoms with van der Waals surface area (Å²) >= 11 is 7.35. The molecule has 2 fully saturated rings. The zero-order valence-corrected chi connectivity index (χ0v) is 20.7. The molecule has 2 bridgehead atoms. The molecule has 2 amide bonds. The molecule has 10 nitrogen and oxygen atoms in total. The van der Waals surface area contributed by atoms with E-state index in [1.807, 2.05) is 0 Å². The van der Waals surface area contributed by atoms with Gasteiger partial charge in [-0.3, -0.25) is 19.7 Å². The second-order valence-corrected chi connectivity index (χ2v) is 11.0. The minimum Gasteiger partial charge on any atom is -0.369 e. The molecule has 2 heterocycles. The summed E-state index contributed by atoms with van der Waals surface area (Å²) in [6.07, 6.45) is 3.12. The van der Waals surface area contributed by atoms with Crippen LogP contribution in [0.1, 0.15) is 24.0 Å². The maximum Gasteiger partial charge on any atom is 0.269 e. The summed E-state index contributed by atoms with van der Waals surface area (Å²) < 4.78 is 14.3. The van der Waals surface area contributed by atoms with Gasteiger partial charge in [-0.25, -0.2) is 9.37 Å². The number of nitrogens with one attached hydrogen (secondary N) is 1. The van der Waals surface area contributed by atoms with Crippen molar-refractivity contribution in [2.75, 3.05) is 17.6 Å². The van der Waals surface area contributed by atoms with Crippen molar-refractivity contribution in [3.05, 3.63) is 56.7 Å². The number of amides is 2. The van der Waals surface area contributed by atoms with E-state index in [9.17, 15) is 24.1 Å². The Morgan fingerprint density at radius 2 is 2.14 bits per heavy atom. The van der Waals surface area contributed by atoms with Gasteiger partial charge >= 0.3 is 0 Å². The number of carbonyl (C=O) groups is 2. The van der Waals surface area contributed by atoms with Crippen LogP contribution >= 0.6 is 23.4 Å². The van der Waals surface area contributed by atoms with Gasteiger partial charge in [0.25, 0.3) is 5.69 Å².